The van der Waals surface area contributed by atoms with Crippen LogP contribution in [0.4, 0.5) is 4.79 Å². The molecule has 3 amide bonds. The molecule has 2 aliphatic heterocycles. The Kier molecular flexibility index (Phi) is 8.83. The van der Waals surface area contributed by atoms with Crippen LogP contribution in [-0.4, -0.2) is 103 Å². The third-order valence-corrected chi connectivity index (χ3v) is 5.20. The van der Waals surface area contributed by atoms with Crippen LogP contribution in [0.2, 0.25) is 0 Å². The predicted octanol–water partition coefficient (Wildman–Crippen LogP) is 1.73. The summed E-state index contributed by atoms with van der Waals surface area (Å²) >= 11 is 0. The Morgan fingerprint density at radius 1 is 0.815 bits per heavy atom. The zero-order valence-electron chi connectivity index (χ0n) is 17.7. The van der Waals surface area contributed by atoms with Crippen LogP contribution < -0.4 is 0 Å². The van der Waals surface area contributed by atoms with Crippen molar-refractivity contribution in [2.75, 3.05) is 65.5 Å². The number of urea groups is 1. The van der Waals surface area contributed by atoms with Crippen LogP contribution in [0.5, 0.6) is 0 Å². The minimum atomic E-state index is 0.133. The van der Waals surface area contributed by atoms with E-state index >= 15 is 0 Å². The number of piperazine rings is 2. The summed E-state index contributed by atoms with van der Waals surface area (Å²) in [6.07, 6.45) is 1.93. The van der Waals surface area contributed by atoms with Crippen molar-refractivity contribution in [3.63, 3.8) is 0 Å². The van der Waals surface area contributed by atoms with Crippen molar-refractivity contribution in [1.82, 2.24) is 19.6 Å². The smallest absolute Gasteiger partial charge is 0.320 e. The Hall–Kier alpha value is -1.34. The van der Waals surface area contributed by atoms with E-state index in [-0.39, 0.29) is 11.9 Å². The Labute approximate surface area is 164 Å². The molecule has 0 aliphatic carbocycles. The number of hydrogen-bond acceptors (Lipinski definition) is 4. The molecule has 0 unspecified atom stereocenters. The zero-order valence-corrected chi connectivity index (χ0v) is 17.7. The van der Waals surface area contributed by atoms with E-state index in [2.05, 4.69) is 32.6 Å². The molecule has 2 heterocycles. The molecule has 0 aromatic heterocycles. The maximum Gasteiger partial charge on any atom is 0.320 e. The van der Waals surface area contributed by atoms with Crippen LogP contribution in [-0.2, 0) is 9.53 Å². The van der Waals surface area contributed by atoms with Crippen LogP contribution in [0, 0.1) is 5.92 Å². The van der Waals surface area contributed by atoms with E-state index in [1.807, 2.05) is 14.7 Å². The fourth-order valence-electron chi connectivity index (χ4n) is 3.60. The van der Waals surface area contributed by atoms with Crippen LogP contribution in [0.15, 0.2) is 0 Å². The molecule has 2 fully saturated rings. The molecule has 0 spiro atoms. The molecule has 0 radical (unpaired) electrons. The lowest BCUT2D eigenvalue weighted by atomic mass is 10.1. The zero-order chi connectivity index (χ0) is 19.8. The number of amides is 3. The molecule has 27 heavy (non-hydrogen) atoms. The fourth-order valence-corrected chi connectivity index (χ4v) is 3.60. The summed E-state index contributed by atoms with van der Waals surface area (Å²) in [6, 6.07) is 0.133. The van der Waals surface area contributed by atoms with Gasteiger partial charge in [0.05, 0.1) is 6.10 Å². The molecule has 0 bridgehead atoms. The second-order valence-corrected chi connectivity index (χ2v) is 8.35. The molecule has 2 rings (SSSR count). The van der Waals surface area contributed by atoms with E-state index in [4.69, 9.17) is 4.74 Å². The first kappa shape index (κ1) is 22.0. The summed E-state index contributed by atoms with van der Waals surface area (Å²) in [5.41, 5.74) is 0. The highest BCUT2D eigenvalue weighted by molar-refractivity contribution is 5.78. The van der Waals surface area contributed by atoms with Gasteiger partial charge in [-0.15, -0.1) is 0 Å². The average molecular weight is 383 g/mol. The van der Waals surface area contributed by atoms with Gasteiger partial charge in [0.15, 0.2) is 0 Å². The third-order valence-electron chi connectivity index (χ3n) is 5.20. The first-order chi connectivity index (χ1) is 12.9. The Morgan fingerprint density at radius 3 is 1.85 bits per heavy atom. The summed E-state index contributed by atoms with van der Waals surface area (Å²) in [5, 5.41) is 0. The van der Waals surface area contributed by atoms with Crippen molar-refractivity contribution in [2.24, 2.45) is 5.92 Å². The van der Waals surface area contributed by atoms with E-state index in [0.29, 0.717) is 44.6 Å². The van der Waals surface area contributed by atoms with Crippen molar-refractivity contribution in [3.05, 3.63) is 0 Å². The largest absolute Gasteiger partial charge is 0.379 e. The second kappa shape index (κ2) is 10.9. The lowest BCUT2D eigenvalue weighted by Gasteiger charge is -2.40. The van der Waals surface area contributed by atoms with Gasteiger partial charge in [0.25, 0.3) is 0 Å². The van der Waals surface area contributed by atoms with Crippen LogP contribution in [0.1, 0.15) is 40.5 Å². The Morgan fingerprint density at radius 2 is 1.33 bits per heavy atom. The quantitative estimate of drug-likeness (QED) is 0.629. The minimum Gasteiger partial charge on any atom is -0.379 e. The first-order valence-electron chi connectivity index (χ1n) is 10.5. The molecule has 0 atom stereocenters. The highest BCUT2D eigenvalue weighted by atomic mass is 16.5. The molecule has 156 valence electrons. The molecular weight excluding hydrogens is 344 g/mol. The summed E-state index contributed by atoms with van der Waals surface area (Å²) in [5.74, 6) is 0.595. The molecule has 2 aliphatic rings. The number of ether oxygens (including phenoxy) is 1. The van der Waals surface area contributed by atoms with Crippen LogP contribution in [0.25, 0.3) is 0 Å². The molecule has 0 saturated carbocycles. The van der Waals surface area contributed by atoms with Crippen molar-refractivity contribution >= 4 is 11.9 Å². The topological polar surface area (TPSA) is 56.3 Å². The van der Waals surface area contributed by atoms with Crippen LogP contribution >= 0.6 is 0 Å². The predicted molar refractivity (Wildman–Crippen MR) is 107 cm³/mol. The number of hydrogen-bond donors (Lipinski definition) is 0. The van der Waals surface area contributed by atoms with Gasteiger partial charge >= 0.3 is 6.03 Å². The summed E-state index contributed by atoms with van der Waals surface area (Å²) in [4.78, 5) is 33.1. The Balaban J connectivity index is 1.65. The summed E-state index contributed by atoms with van der Waals surface area (Å²) in [7, 11) is 0. The van der Waals surface area contributed by atoms with Gasteiger partial charge < -0.3 is 19.4 Å². The fraction of sp³-hybridized carbons (Fsp3) is 0.900. The van der Waals surface area contributed by atoms with Gasteiger partial charge in [0.2, 0.25) is 5.91 Å². The standard InChI is InChI=1S/C20H38N4O3/c1-17(2)16-19(25)22-11-13-24(14-12-22)20(26)23-9-7-21(8-10-23)6-5-15-27-18(3)4/h17-18H,5-16H2,1-4H3. The van der Waals surface area contributed by atoms with Crippen molar-refractivity contribution in [1.29, 1.82) is 0 Å². The van der Waals surface area contributed by atoms with E-state index < -0.39 is 0 Å². The number of nitrogens with zero attached hydrogens (tertiary/aromatic N) is 4. The van der Waals surface area contributed by atoms with E-state index in [0.717, 1.165) is 45.8 Å². The van der Waals surface area contributed by atoms with Crippen molar-refractivity contribution < 1.29 is 14.3 Å². The SMILES string of the molecule is CC(C)CC(=O)N1CCN(C(=O)N2CCN(CCCOC(C)C)CC2)CC1. The molecule has 0 N–H and O–H groups in total. The van der Waals surface area contributed by atoms with E-state index in [1.54, 1.807) is 0 Å². The number of carbonyl (C=O) groups excluding carboxylic acids is 2. The summed E-state index contributed by atoms with van der Waals surface area (Å²) < 4.78 is 5.59. The number of rotatable bonds is 7. The van der Waals surface area contributed by atoms with Gasteiger partial charge in [-0.05, 0) is 26.2 Å². The molecule has 2 saturated heterocycles. The van der Waals surface area contributed by atoms with Gasteiger partial charge in [0, 0.05) is 71.9 Å². The molecule has 0 aromatic carbocycles. The van der Waals surface area contributed by atoms with Gasteiger partial charge in [0.1, 0.15) is 0 Å². The maximum absolute atomic E-state index is 12.8. The third kappa shape index (κ3) is 7.30. The Bertz CT molecular complexity index is 468. The van der Waals surface area contributed by atoms with Crippen molar-refractivity contribution in [2.45, 2.75) is 46.6 Å². The van der Waals surface area contributed by atoms with Gasteiger partial charge in [-0.3, -0.25) is 9.69 Å². The van der Waals surface area contributed by atoms with Gasteiger partial charge in [-0.1, -0.05) is 13.8 Å². The minimum absolute atomic E-state index is 0.133. The molecule has 7 heteroatoms. The van der Waals surface area contributed by atoms with E-state index in [9.17, 15) is 9.59 Å². The highest BCUT2D eigenvalue weighted by Gasteiger charge is 2.29. The highest BCUT2D eigenvalue weighted by Crippen LogP contribution is 2.12. The normalized spacial score (nSPS) is 19.3. The summed E-state index contributed by atoms with van der Waals surface area (Å²) in [6.45, 7) is 16.1. The van der Waals surface area contributed by atoms with Gasteiger partial charge in [-0.25, -0.2) is 4.79 Å². The number of carbonyl (C=O) groups is 2. The average Bonchev–Trinajstić information content (AvgIpc) is 2.64. The molecular formula is C20H38N4O3. The van der Waals surface area contributed by atoms with Crippen LogP contribution in [0.3, 0.4) is 0 Å². The molecule has 7 nitrogen and oxygen atoms in total. The molecule has 0 aromatic rings. The first-order valence-corrected chi connectivity index (χ1v) is 10.5. The second-order valence-electron chi connectivity index (χ2n) is 8.35. The monoisotopic (exact) mass is 382 g/mol. The maximum atomic E-state index is 12.8. The van der Waals surface area contributed by atoms with E-state index in [1.165, 1.54) is 0 Å². The lowest BCUT2D eigenvalue weighted by molar-refractivity contribution is -0.133. The van der Waals surface area contributed by atoms with Crippen molar-refractivity contribution in [3.8, 4) is 0 Å². The van der Waals surface area contributed by atoms with Gasteiger partial charge in [-0.2, -0.15) is 0 Å². The lowest BCUT2D eigenvalue weighted by Crippen LogP contribution is -2.57.